The number of carboxylic acids is 1. The van der Waals surface area contributed by atoms with Crippen molar-refractivity contribution in [3.05, 3.63) is 35.4 Å². The van der Waals surface area contributed by atoms with Crippen LogP contribution in [0.5, 0.6) is 0 Å². The zero-order valence-corrected chi connectivity index (χ0v) is 8.37. The van der Waals surface area contributed by atoms with Crippen LogP contribution in [0, 0.1) is 6.92 Å². The Balaban J connectivity index is 0.000000424. The molecule has 0 aliphatic carbocycles. The third-order valence-corrected chi connectivity index (χ3v) is 1.38. The zero-order chi connectivity index (χ0) is 10.3. The van der Waals surface area contributed by atoms with Gasteiger partial charge in [0.25, 0.3) is 0 Å². The van der Waals surface area contributed by atoms with Crippen LogP contribution >= 0.6 is 0 Å². The van der Waals surface area contributed by atoms with Crippen molar-refractivity contribution >= 4 is 5.97 Å². The van der Waals surface area contributed by atoms with Gasteiger partial charge in [0.15, 0.2) is 0 Å². The van der Waals surface area contributed by atoms with Crippen molar-refractivity contribution in [2.24, 2.45) is 0 Å². The van der Waals surface area contributed by atoms with Crippen molar-refractivity contribution in [2.75, 3.05) is 0 Å². The predicted molar refractivity (Wildman–Crippen MR) is 54.1 cm³/mol. The number of rotatable bonds is 1. The van der Waals surface area contributed by atoms with E-state index in [-0.39, 0.29) is 0 Å². The summed E-state index contributed by atoms with van der Waals surface area (Å²) in [6, 6.07) is 6.92. The minimum absolute atomic E-state index is 0.377. The molecule has 0 unspecified atom stereocenters. The van der Waals surface area contributed by atoms with Gasteiger partial charge in [0.1, 0.15) is 0 Å². The highest BCUT2D eigenvalue weighted by Crippen LogP contribution is 2.05. The van der Waals surface area contributed by atoms with Crippen LogP contribution in [-0.4, -0.2) is 11.1 Å². The van der Waals surface area contributed by atoms with Gasteiger partial charge in [0.2, 0.25) is 0 Å². The second-order valence-corrected chi connectivity index (χ2v) is 2.83. The van der Waals surface area contributed by atoms with Crippen molar-refractivity contribution in [1.29, 1.82) is 0 Å². The largest absolute Gasteiger partial charge is 0.478 e. The van der Waals surface area contributed by atoms with Crippen LogP contribution in [0.4, 0.5) is 0 Å². The molecule has 2 heteroatoms. The zero-order valence-electron chi connectivity index (χ0n) is 8.37. The summed E-state index contributed by atoms with van der Waals surface area (Å²) < 4.78 is 0. The number of benzene rings is 1. The summed E-state index contributed by atoms with van der Waals surface area (Å²) in [4.78, 5) is 10.4. The van der Waals surface area contributed by atoms with Crippen molar-refractivity contribution in [3.63, 3.8) is 0 Å². The lowest BCUT2D eigenvalue weighted by molar-refractivity contribution is 0.0696. The normalized spacial score (nSPS) is 8.54. The lowest BCUT2D eigenvalue weighted by atomic mass is 10.1. The molecule has 0 radical (unpaired) electrons. The molecule has 0 spiro atoms. The highest BCUT2D eigenvalue weighted by molar-refractivity contribution is 5.89. The highest BCUT2D eigenvalue weighted by Gasteiger charge is 2.02. The molecule has 1 aromatic rings. The van der Waals surface area contributed by atoms with E-state index in [9.17, 15) is 4.79 Å². The van der Waals surface area contributed by atoms with Gasteiger partial charge in [-0.2, -0.15) is 0 Å². The summed E-state index contributed by atoms with van der Waals surface area (Å²) in [7, 11) is 0. The molecular formula is C11H16O2. The Kier molecular flexibility index (Phi) is 5.60. The van der Waals surface area contributed by atoms with E-state index in [1.165, 1.54) is 6.42 Å². The molecule has 1 aromatic carbocycles. The van der Waals surface area contributed by atoms with Gasteiger partial charge >= 0.3 is 5.97 Å². The molecular weight excluding hydrogens is 164 g/mol. The fourth-order valence-corrected chi connectivity index (χ4v) is 0.813. The summed E-state index contributed by atoms with van der Waals surface area (Å²) in [6.07, 6.45) is 1.25. The molecule has 1 rings (SSSR count). The summed E-state index contributed by atoms with van der Waals surface area (Å²) in [6.45, 7) is 6.03. The van der Waals surface area contributed by atoms with Crippen LogP contribution in [0.3, 0.4) is 0 Å². The summed E-state index contributed by atoms with van der Waals surface area (Å²) in [5.74, 6) is -0.863. The third kappa shape index (κ3) is 4.31. The van der Waals surface area contributed by atoms with Gasteiger partial charge in [0.05, 0.1) is 5.56 Å². The first-order chi connectivity index (χ1) is 6.13. The Hall–Kier alpha value is -1.31. The standard InChI is InChI=1S/C8H8O2.C3H8/c1-6-4-2-3-5-7(6)8(9)10;1-3-2/h2-5H,1H3,(H,9,10);3H2,1-2H3. The van der Waals surface area contributed by atoms with Crippen LogP contribution in [0.1, 0.15) is 36.2 Å². The molecule has 1 N–H and O–H groups in total. The number of hydrogen-bond donors (Lipinski definition) is 1. The first kappa shape index (κ1) is 11.7. The second-order valence-electron chi connectivity index (χ2n) is 2.83. The van der Waals surface area contributed by atoms with Gasteiger partial charge in [-0.05, 0) is 18.6 Å². The predicted octanol–water partition coefficient (Wildman–Crippen LogP) is 3.11. The maximum Gasteiger partial charge on any atom is 0.335 e. The molecule has 0 amide bonds. The molecule has 0 aromatic heterocycles. The van der Waals surface area contributed by atoms with E-state index in [2.05, 4.69) is 13.8 Å². The van der Waals surface area contributed by atoms with E-state index < -0.39 is 5.97 Å². The van der Waals surface area contributed by atoms with E-state index in [0.717, 1.165) is 5.56 Å². The number of aryl methyl sites for hydroxylation is 1. The van der Waals surface area contributed by atoms with E-state index in [4.69, 9.17) is 5.11 Å². The Labute approximate surface area is 79.2 Å². The molecule has 0 fully saturated rings. The number of carbonyl (C=O) groups is 1. The third-order valence-electron chi connectivity index (χ3n) is 1.38. The van der Waals surface area contributed by atoms with Gasteiger partial charge < -0.3 is 5.11 Å². The van der Waals surface area contributed by atoms with E-state index in [1.54, 1.807) is 25.1 Å². The van der Waals surface area contributed by atoms with Gasteiger partial charge in [0, 0.05) is 0 Å². The Morgan fingerprint density at radius 2 is 1.77 bits per heavy atom. The lowest BCUT2D eigenvalue weighted by Crippen LogP contribution is -1.97. The first-order valence-electron chi connectivity index (χ1n) is 4.42. The molecule has 0 saturated heterocycles. The van der Waals surface area contributed by atoms with Crippen LogP contribution in [0.2, 0.25) is 0 Å². The molecule has 0 atom stereocenters. The van der Waals surface area contributed by atoms with Crippen molar-refractivity contribution in [1.82, 2.24) is 0 Å². The second kappa shape index (κ2) is 6.23. The topological polar surface area (TPSA) is 37.3 Å². The van der Waals surface area contributed by atoms with Crippen LogP contribution < -0.4 is 0 Å². The fourth-order valence-electron chi connectivity index (χ4n) is 0.813. The van der Waals surface area contributed by atoms with Gasteiger partial charge in [-0.15, -0.1) is 0 Å². The molecule has 13 heavy (non-hydrogen) atoms. The minimum atomic E-state index is -0.863. The van der Waals surface area contributed by atoms with Crippen LogP contribution in [0.25, 0.3) is 0 Å². The summed E-state index contributed by atoms with van der Waals surface area (Å²) in [5.41, 5.74) is 1.18. The van der Waals surface area contributed by atoms with Crippen molar-refractivity contribution < 1.29 is 9.90 Å². The van der Waals surface area contributed by atoms with E-state index in [0.29, 0.717) is 5.56 Å². The molecule has 72 valence electrons. The number of aromatic carboxylic acids is 1. The molecule has 0 aliphatic heterocycles. The van der Waals surface area contributed by atoms with Crippen LogP contribution in [-0.2, 0) is 0 Å². The van der Waals surface area contributed by atoms with Crippen molar-refractivity contribution in [2.45, 2.75) is 27.2 Å². The van der Waals surface area contributed by atoms with Gasteiger partial charge in [-0.25, -0.2) is 4.79 Å². The monoisotopic (exact) mass is 180 g/mol. The molecule has 0 aliphatic rings. The maximum atomic E-state index is 10.4. The SMILES string of the molecule is CCC.Cc1ccccc1C(=O)O. The quantitative estimate of drug-likeness (QED) is 0.721. The van der Waals surface area contributed by atoms with Crippen molar-refractivity contribution in [3.8, 4) is 0 Å². The first-order valence-corrected chi connectivity index (χ1v) is 4.42. The Morgan fingerprint density at radius 3 is 2.08 bits per heavy atom. The lowest BCUT2D eigenvalue weighted by Gasteiger charge is -1.96. The maximum absolute atomic E-state index is 10.4. The smallest absolute Gasteiger partial charge is 0.335 e. The highest BCUT2D eigenvalue weighted by atomic mass is 16.4. The Bertz CT molecular complexity index is 267. The molecule has 0 saturated carbocycles. The van der Waals surface area contributed by atoms with E-state index in [1.807, 2.05) is 6.07 Å². The molecule has 2 nitrogen and oxygen atoms in total. The number of carboxylic acid groups (broad SMARTS) is 1. The van der Waals surface area contributed by atoms with E-state index >= 15 is 0 Å². The van der Waals surface area contributed by atoms with Crippen LogP contribution in [0.15, 0.2) is 24.3 Å². The molecule has 0 bridgehead atoms. The minimum Gasteiger partial charge on any atom is -0.478 e. The average Bonchev–Trinajstić information content (AvgIpc) is 2.06. The average molecular weight is 180 g/mol. The fraction of sp³-hybridized carbons (Fsp3) is 0.364. The summed E-state index contributed by atoms with van der Waals surface area (Å²) >= 11 is 0. The molecule has 0 heterocycles. The number of hydrogen-bond acceptors (Lipinski definition) is 1. The summed E-state index contributed by atoms with van der Waals surface area (Å²) in [5, 5.41) is 8.57. The van der Waals surface area contributed by atoms with Gasteiger partial charge in [-0.3, -0.25) is 0 Å². The Morgan fingerprint density at radius 1 is 1.31 bits per heavy atom. The van der Waals surface area contributed by atoms with Gasteiger partial charge in [-0.1, -0.05) is 38.5 Å².